The topological polar surface area (TPSA) is 348 Å². The molecule has 0 spiro atoms. The molecular formula is C52H89N7O16. The van der Waals surface area contributed by atoms with Crippen molar-refractivity contribution in [2.75, 3.05) is 65.8 Å². The van der Waals surface area contributed by atoms with Crippen molar-refractivity contribution in [3.8, 4) is 0 Å². The number of rotatable bonds is 42. The second-order valence-electron chi connectivity index (χ2n) is 21.5. The summed E-state index contributed by atoms with van der Waals surface area (Å²) in [6, 6.07) is -3.39. The molecule has 3 atom stereocenters. The van der Waals surface area contributed by atoms with Gasteiger partial charge in [-0.15, -0.1) is 0 Å². The van der Waals surface area contributed by atoms with E-state index in [0.29, 0.717) is 84.5 Å². The maximum absolute atomic E-state index is 13.1. The van der Waals surface area contributed by atoms with Gasteiger partial charge in [0.2, 0.25) is 41.4 Å². The minimum absolute atomic E-state index is 0.00241. The van der Waals surface area contributed by atoms with Gasteiger partial charge in [0, 0.05) is 71.0 Å². The van der Waals surface area contributed by atoms with Crippen LogP contribution in [-0.2, 0) is 62.2 Å². The first kappa shape index (κ1) is 65.9. The van der Waals surface area contributed by atoms with E-state index in [-0.39, 0.29) is 99.3 Å². The predicted molar refractivity (Wildman–Crippen MR) is 274 cm³/mol. The van der Waals surface area contributed by atoms with E-state index >= 15 is 0 Å². The maximum Gasteiger partial charge on any atom is 0.326 e. The van der Waals surface area contributed by atoms with Gasteiger partial charge in [0.15, 0.2) is 0 Å². The highest BCUT2D eigenvalue weighted by atomic mass is 16.5. The van der Waals surface area contributed by atoms with E-state index in [4.69, 9.17) is 25.1 Å². The van der Waals surface area contributed by atoms with Crippen LogP contribution < -0.4 is 32.3 Å². The minimum Gasteiger partial charge on any atom is -0.481 e. The fourth-order valence-corrected chi connectivity index (χ4v) is 8.84. The number of carboxylic acid groups (broad SMARTS) is 3. The lowest BCUT2D eigenvalue weighted by Gasteiger charge is -2.30. The zero-order chi connectivity index (χ0) is 55.8. The highest BCUT2D eigenvalue weighted by Crippen LogP contribution is 2.36. The number of nitrogens with two attached hydrogens (primary N) is 1. The molecule has 1 saturated carbocycles. The highest BCUT2D eigenvalue weighted by molar-refractivity contribution is 6.05. The van der Waals surface area contributed by atoms with Gasteiger partial charge in [-0.1, -0.05) is 47.0 Å². The molecule has 2 fully saturated rings. The summed E-state index contributed by atoms with van der Waals surface area (Å²) < 4.78 is 16.5. The quantitative estimate of drug-likeness (QED) is 0.0313. The molecule has 1 unspecified atom stereocenters. The number of ether oxygens (including phenoxy) is 3. The molecule has 0 aromatic carbocycles. The molecule has 0 aromatic heterocycles. The zero-order valence-electron chi connectivity index (χ0n) is 45.0. The van der Waals surface area contributed by atoms with Crippen LogP contribution in [0.3, 0.4) is 0 Å². The number of unbranched alkanes of at least 4 members (excludes halogenated alkanes) is 3. The first-order valence-corrected chi connectivity index (χ1v) is 26.9. The highest BCUT2D eigenvalue weighted by Gasteiger charge is 2.36. The van der Waals surface area contributed by atoms with Crippen LogP contribution in [0.15, 0.2) is 0 Å². The Balaban J connectivity index is 1.55. The average molecular weight is 1070 g/mol. The van der Waals surface area contributed by atoms with Gasteiger partial charge in [-0.3, -0.25) is 48.1 Å². The molecule has 1 aliphatic heterocycles. The standard InChI is InChI=1S/C52H89N7O16/c1-51(2,22-23-52(3,4)34-46(66)67)21-8-6-5-7-11-41(60)56-35-36-12-14-37(15-13-36)47(68)58-40(50(71)72)16-18-43(62)57-39(17-19-45(64)65)48(69)55-25-10-28-74-30-32-75-31-29-73-27-9-24-54-42(61)20-26-59-44(63)33-38(53)49(59)70/h36-40H,5-35,53H2,1-4H3,(H,54,61)(H,55,69)(H,56,60)(H,57,62)(H,58,68)(H,64,65)(H,66,67)(H,71,72)/t36?,37?,38?,39-,40+/m0/s1. The van der Waals surface area contributed by atoms with Crippen molar-refractivity contribution >= 4 is 59.3 Å². The molecule has 2 aliphatic rings. The Morgan fingerprint density at radius 1 is 0.613 bits per heavy atom. The average Bonchev–Trinajstić information content (AvgIpc) is 3.59. The van der Waals surface area contributed by atoms with Crippen molar-refractivity contribution in [3.63, 3.8) is 0 Å². The molecule has 1 heterocycles. The lowest BCUT2D eigenvalue weighted by atomic mass is 9.75. The molecule has 10 N–H and O–H groups in total. The molecule has 1 aliphatic carbocycles. The van der Waals surface area contributed by atoms with Crippen molar-refractivity contribution < 1.29 is 77.5 Å². The van der Waals surface area contributed by atoms with Gasteiger partial charge in [0.25, 0.3) is 0 Å². The van der Waals surface area contributed by atoms with Gasteiger partial charge in [-0.25, -0.2) is 4.79 Å². The summed E-state index contributed by atoms with van der Waals surface area (Å²) in [4.78, 5) is 123. The molecule has 0 aromatic rings. The van der Waals surface area contributed by atoms with Gasteiger partial charge >= 0.3 is 17.9 Å². The van der Waals surface area contributed by atoms with Crippen molar-refractivity contribution in [2.24, 2.45) is 28.4 Å². The fourth-order valence-electron chi connectivity index (χ4n) is 8.84. The lowest BCUT2D eigenvalue weighted by molar-refractivity contribution is -0.143. The molecule has 0 radical (unpaired) electrons. The summed E-state index contributed by atoms with van der Waals surface area (Å²) in [6.45, 7) is 11.4. The number of imide groups is 1. The molecular weight excluding hydrogens is 979 g/mol. The SMILES string of the molecule is CC(C)(CCCCCCC(=O)NCC1CCC(C(=O)N[C@H](CCC(=O)N[C@@H](CCC(=O)O)C(=O)NCCCOCCOCCOCCCNC(=O)CCN2C(=O)CC(N)C2=O)C(=O)O)CC1)CCC(C)(C)CC(=O)O. The number of carbonyl (C=O) groups excluding carboxylic acids is 7. The van der Waals surface area contributed by atoms with Gasteiger partial charge in [0.05, 0.1) is 45.3 Å². The van der Waals surface area contributed by atoms with Crippen LogP contribution in [0, 0.1) is 22.7 Å². The number of nitrogens with one attached hydrogen (secondary N) is 5. The van der Waals surface area contributed by atoms with E-state index in [1.165, 1.54) is 0 Å². The Morgan fingerprint density at radius 3 is 1.77 bits per heavy atom. The molecule has 23 nitrogen and oxygen atoms in total. The predicted octanol–water partition coefficient (Wildman–Crippen LogP) is 2.79. The molecule has 7 amide bonds. The smallest absolute Gasteiger partial charge is 0.326 e. The Kier molecular flexibility index (Phi) is 31.5. The third kappa shape index (κ3) is 30.2. The molecule has 1 saturated heterocycles. The van der Waals surface area contributed by atoms with E-state index in [1.54, 1.807) is 0 Å². The summed E-state index contributed by atoms with van der Waals surface area (Å²) >= 11 is 0. The summed E-state index contributed by atoms with van der Waals surface area (Å²) in [6.07, 6.45) is 9.44. The maximum atomic E-state index is 13.1. The normalized spacial score (nSPS) is 17.7. The van der Waals surface area contributed by atoms with Crippen LogP contribution in [-0.4, -0.2) is 163 Å². The zero-order valence-corrected chi connectivity index (χ0v) is 45.0. The number of amides is 7. The third-order valence-corrected chi connectivity index (χ3v) is 13.6. The van der Waals surface area contributed by atoms with Crippen LogP contribution in [0.1, 0.15) is 163 Å². The number of aliphatic carboxylic acids is 3. The third-order valence-electron chi connectivity index (χ3n) is 13.6. The van der Waals surface area contributed by atoms with Crippen LogP contribution in [0.4, 0.5) is 0 Å². The van der Waals surface area contributed by atoms with E-state index < -0.39 is 72.0 Å². The number of carboxylic acids is 3. The molecule has 23 heteroatoms. The molecule has 2 rings (SSSR count). The largest absolute Gasteiger partial charge is 0.481 e. The molecule has 428 valence electrons. The number of nitrogens with zero attached hydrogens (tertiary/aromatic N) is 1. The first-order valence-electron chi connectivity index (χ1n) is 26.9. The monoisotopic (exact) mass is 1070 g/mol. The Hall–Kier alpha value is -5.26. The van der Waals surface area contributed by atoms with Crippen molar-refractivity contribution in [1.82, 2.24) is 31.5 Å². The fraction of sp³-hybridized carbons (Fsp3) is 0.808. The number of carbonyl (C=O) groups is 10. The number of hydrogen-bond donors (Lipinski definition) is 9. The van der Waals surface area contributed by atoms with Gasteiger partial charge in [-0.05, 0) is 93.8 Å². The second kappa shape index (κ2) is 35.9. The Labute approximate surface area is 442 Å². The van der Waals surface area contributed by atoms with E-state index in [9.17, 15) is 58.2 Å². The summed E-state index contributed by atoms with van der Waals surface area (Å²) in [5.41, 5.74) is 5.46. The van der Waals surface area contributed by atoms with Crippen molar-refractivity contribution in [2.45, 2.75) is 181 Å². The van der Waals surface area contributed by atoms with Crippen LogP contribution in [0.2, 0.25) is 0 Å². The van der Waals surface area contributed by atoms with Crippen molar-refractivity contribution in [3.05, 3.63) is 0 Å². The minimum atomic E-state index is -1.36. The summed E-state index contributed by atoms with van der Waals surface area (Å²) in [5, 5.41) is 41.7. The van der Waals surface area contributed by atoms with Gasteiger partial charge < -0.3 is 61.8 Å². The lowest BCUT2D eigenvalue weighted by Crippen LogP contribution is -2.48. The van der Waals surface area contributed by atoms with Crippen LogP contribution >= 0.6 is 0 Å². The van der Waals surface area contributed by atoms with Crippen LogP contribution in [0.5, 0.6) is 0 Å². The van der Waals surface area contributed by atoms with Crippen LogP contribution in [0.25, 0.3) is 0 Å². The van der Waals surface area contributed by atoms with Gasteiger partial charge in [-0.2, -0.15) is 0 Å². The number of likely N-dealkylation sites (tertiary alicyclic amines) is 1. The molecule has 0 bridgehead atoms. The van der Waals surface area contributed by atoms with E-state index in [1.807, 2.05) is 13.8 Å². The first-order chi connectivity index (χ1) is 35.5. The number of hydrogen-bond acceptors (Lipinski definition) is 14. The van der Waals surface area contributed by atoms with E-state index in [2.05, 4.69) is 40.4 Å². The van der Waals surface area contributed by atoms with Gasteiger partial charge in [0.1, 0.15) is 12.1 Å². The Morgan fingerprint density at radius 2 is 1.19 bits per heavy atom. The second-order valence-corrected chi connectivity index (χ2v) is 21.5. The Bertz CT molecular complexity index is 1840. The molecule has 75 heavy (non-hydrogen) atoms. The van der Waals surface area contributed by atoms with E-state index in [0.717, 1.165) is 49.8 Å². The summed E-state index contributed by atoms with van der Waals surface area (Å²) in [5.74, 6) is -6.32. The van der Waals surface area contributed by atoms with Crippen molar-refractivity contribution in [1.29, 1.82) is 0 Å². The summed E-state index contributed by atoms with van der Waals surface area (Å²) in [7, 11) is 0.